The lowest BCUT2D eigenvalue weighted by Gasteiger charge is -2.26. The number of anilines is 3. The van der Waals surface area contributed by atoms with Crippen molar-refractivity contribution in [3.8, 4) is 33.7 Å². The van der Waals surface area contributed by atoms with E-state index >= 15 is 0 Å². The molecule has 61 heavy (non-hydrogen) atoms. The molecule has 0 fully saturated rings. The monoisotopic (exact) mass is 781 g/mol. The predicted molar refractivity (Wildman–Crippen MR) is 255 cm³/mol. The summed E-state index contributed by atoms with van der Waals surface area (Å²) in [7, 11) is 0. The first-order valence-electron chi connectivity index (χ1n) is 21.0. The van der Waals surface area contributed by atoms with Gasteiger partial charge in [0.05, 0.1) is 6.04 Å². The number of aromatic nitrogens is 2. The molecule has 1 unspecified atom stereocenters. The van der Waals surface area contributed by atoms with Crippen LogP contribution in [0.3, 0.4) is 0 Å². The highest BCUT2D eigenvalue weighted by molar-refractivity contribution is 6.11. The maximum Gasteiger partial charge on any atom is 0.227 e. The van der Waals surface area contributed by atoms with E-state index in [1.165, 1.54) is 43.7 Å². The molecule has 9 aromatic carbocycles. The summed E-state index contributed by atoms with van der Waals surface area (Å²) in [5.74, 6) is 0.621. The molecule has 0 amide bonds. The molecular weight excluding hydrogens is 743 g/mol. The van der Waals surface area contributed by atoms with Gasteiger partial charge in [0.2, 0.25) is 5.89 Å². The predicted octanol–water partition coefficient (Wildman–Crippen LogP) is 15.8. The van der Waals surface area contributed by atoms with Gasteiger partial charge in [0.25, 0.3) is 0 Å². The number of allylic oxidation sites excluding steroid dienone is 4. The Morgan fingerprint density at radius 1 is 0.475 bits per heavy atom. The molecule has 0 spiro atoms. The zero-order chi connectivity index (χ0) is 40.3. The van der Waals surface area contributed by atoms with Gasteiger partial charge in [0, 0.05) is 55.4 Å². The first-order valence-corrected chi connectivity index (χ1v) is 21.0. The van der Waals surface area contributed by atoms with Gasteiger partial charge in [-0.1, -0.05) is 146 Å². The van der Waals surface area contributed by atoms with Crippen LogP contribution in [0.25, 0.3) is 88.2 Å². The van der Waals surface area contributed by atoms with Crippen LogP contribution in [-0.4, -0.2) is 9.55 Å². The molecule has 288 valence electrons. The van der Waals surface area contributed by atoms with E-state index in [-0.39, 0.29) is 6.04 Å². The Balaban J connectivity index is 0.997. The van der Waals surface area contributed by atoms with Crippen LogP contribution in [0.2, 0.25) is 0 Å². The fourth-order valence-electron chi connectivity index (χ4n) is 9.32. The normalized spacial score (nSPS) is 13.9. The second-order valence-corrected chi connectivity index (χ2v) is 15.9. The summed E-state index contributed by atoms with van der Waals surface area (Å²) in [6.45, 7) is 0. The lowest BCUT2D eigenvalue weighted by Crippen LogP contribution is -2.10. The van der Waals surface area contributed by atoms with Crippen molar-refractivity contribution in [2.24, 2.45) is 0 Å². The number of hydrogen-bond acceptors (Lipinski definition) is 3. The third-order valence-electron chi connectivity index (χ3n) is 12.3. The third-order valence-corrected chi connectivity index (χ3v) is 12.3. The van der Waals surface area contributed by atoms with Crippen molar-refractivity contribution in [2.45, 2.75) is 12.5 Å². The first-order chi connectivity index (χ1) is 30.2. The lowest BCUT2D eigenvalue weighted by atomic mass is 9.98. The fraction of sp³-hybridized carbons (Fsp3) is 0.0351. The van der Waals surface area contributed by atoms with Crippen LogP contribution in [0.4, 0.5) is 17.1 Å². The zero-order valence-electron chi connectivity index (χ0n) is 33.3. The molecular formula is C57H39N3O. The van der Waals surface area contributed by atoms with Crippen LogP contribution < -0.4 is 4.90 Å². The van der Waals surface area contributed by atoms with Crippen LogP contribution in [0, 0.1) is 0 Å². The third kappa shape index (κ3) is 6.03. The average molecular weight is 782 g/mol. The van der Waals surface area contributed by atoms with Crippen LogP contribution in [-0.2, 0) is 0 Å². The van der Waals surface area contributed by atoms with Gasteiger partial charge in [-0.05, 0) is 112 Å². The van der Waals surface area contributed by atoms with Crippen molar-refractivity contribution in [1.82, 2.24) is 9.55 Å². The lowest BCUT2D eigenvalue weighted by molar-refractivity contribution is 0.623. The van der Waals surface area contributed by atoms with Gasteiger partial charge in [-0.2, -0.15) is 0 Å². The Labute approximate surface area is 353 Å². The van der Waals surface area contributed by atoms with Gasteiger partial charge >= 0.3 is 0 Å². The maximum atomic E-state index is 6.55. The van der Waals surface area contributed by atoms with Gasteiger partial charge < -0.3 is 13.9 Å². The van der Waals surface area contributed by atoms with E-state index in [0.717, 1.165) is 62.0 Å². The molecule has 12 rings (SSSR count). The highest BCUT2D eigenvalue weighted by atomic mass is 16.3. The summed E-state index contributed by atoms with van der Waals surface area (Å²) < 4.78 is 9.05. The highest BCUT2D eigenvalue weighted by Gasteiger charge is 2.21. The first kappa shape index (κ1) is 35.0. The molecule has 1 atom stereocenters. The van der Waals surface area contributed by atoms with E-state index < -0.39 is 0 Å². The van der Waals surface area contributed by atoms with E-state index in [1.807, 2.05) is 30.3 Å². The van der Waals surface area contributed by atoms with Gasteiger partial charge in [-0.25, -0.2) is 4.98 Å². The molecule has 11 aromatic rings. The summed E-state index contributed by atoms with van der Waals surface area (Å²) in [5, 5.41) is 7.15. The highest BCUT2D eigenvalue weighted by Crippen LogP contribution is 2.43. The van der Waals surface area contributed by atoms with Crippen molar-refractivity contribution in [2.75, 3.05) is 4.90 Å². The van der Waals surface area contributed by atoms with E-state index in [1.54, 1.807) is 0 Å². The number of oxazole rings is 1. The molecule has 2 aromatic heterocycles. The number of benzene rings is 9. The Morgan fingerprint density at radius 2 is 1.13 bits per heavy atom. The fourth-order valence-corrected chi connectivity index (χ4v) is 9.32. The summed E-state index contributed by atoms with van der Waals surface area (Å²) in [4.78, 5) is 7.49. The van der Waals surface area contributed by atoms with Gasteiger partial charge in [-0.15, -0.1) is 0 Å². The number of fused-ring (bicyclic) bond motifs is 7. The molecule has 1 aliphatic rings. The Bertz CT molecular complexity index is 3500. The van der Waals surface area contributed by atoms with Crippen LogP contribution >= 0.6 is 0 Å². The van der Waals surface area contributed by atoms with Crippen LogP contribution in [0.5, 0.6) is 0 Å². The molecule has 2 heterocycles. The van der Waals surface area contributed by atoms with Crippen molar-refractivity contribution < 1.29 is 4.42 Å². The number of nitrogens with zero attached hydrogens (tertiary/aromatic N) is 3. The molecule has 4 heteroatoms. The smallest absolute Gasteiger partial charge is 0.227 e. The molecule has 0 saturated heterocycles. The van der Waals surface area contributed by atoms with Gasteiger partial charge in [0.1, 0.15) is 5.52 Å². The molecule has 1 aliphatic carbocycles. The molecule has 0 saturated carbocycles. The largest absolute Gasteiger partial charge is 0.435 e. The van der Waals surface area contributed by atoms with Gasteiger partial charge in [0.15, 0.2) is 5.58 Å². The number of para-hydroxylation sites is 1. The topological polar surface area (TPSA) is 34.2 Å². The Morgan fingerprint density at radius 3 is 1.92 bits per heavy atom. The Kier molecular flexibility index (Phi) is 8.27. The van der Waals surface area contributed by atoms with Crippen molar-refractivity contribution in [1.29, 1.82) is 0 Å². The zero-order valence-corrected chi connectivity index (χ0v) is 33.3. The van der Waals surface area contributed by atoms with E-state index in [9.17, 15) is 0 Å². The molecule has 0 radical (unpaired) electrons. The number of hydrogen-bond donors (Lipinski definition) is 0. The minimum absolute atomic E-state index is 0.264. The summed E-state index contributed by atoms with van der Waals surface area (Å²) in [6, 6.07) is 70.0. The van der Waals surface area contributed by atoms with E-state index in [0.29, 0.717) is 5.89 Å². The molecule has 4 nitrogen and oxygen atoms in total. The molecule has 0 N–H and O–H groups in total. The summed E-state index contributed by atoms with van der Waals surface area (Å²) in [6.07, 6.45) is 9.87. The maximum absolute atomic E-state index is 6.55. The van der Waals surface area contributed by atoms with Crippen molar-refractivity contribution in [3.05, 3.63) is 218 Å². The minimum Gasteiger partial charge on any atom is -0.435 e. The van der Waals surface area contributed by atoms with Crippen LogP contribution in [0.1, 0.15) is 12.5 Å². The minimum atomic E-state index is 0.264. The summed E-state index contributed by atoms with van der Waals surface area (Å²) in [5.41, 5.74) is 12.8. The standard InChI is InChI=1S/C57H39N3O/c1-3-14-41(15-4-1)57-58-55-51(36-44-17-9-10-20-49(44)56(55)61-57)40-27-31-47(32-28-40)59(46-29-25-39(26-30-46)43-24-23-38-13-7-8-16-42(38)35-43)48-33-34-54-52(37-48)50-21-11-12-22-53(50)60(54)45-18-5-2-6-19-45/h1-18,20-37,45H,19H2. The average Bonchev–Trinajstić information content (AvgIpc) is 3.93. The van der Waals surface area contributed by atoms with Crippen molar-refractivity contribution in [3.63, 3.8) is 0 Å². The second kappa shape index (κ2) is 14.4. The molecule has 0 aliphatic heterocycles. The second-order valence-electron chi connectivity index (χ2n) is 15.9. The van der Waals surface area contributed by atoms with Gasteiger partial charge in [-0.3, -0.25) is 0 Å². The Hall–Kier alpha value is -7.95. The van der Waals surface area contributed by atoms with E-state index in [4.69, 9.17) is 9.40 Å². The number of rotatable bonds is 7. The van der Waals surface area contributed by atoms with Crippen LogP contribution in [0.15, 0.2) is 223 Å². The SMILES string of the molecule is C1=CCC(n2c3ccccc3c3cc(N(c4ccc(-c5ccc6ccccc6c5)cc4)c4ccc(-c5cc6ccccc6c6oc(-c7ccccc7)nc56)cc4)ccc32)C=C1. The molecule has 0 bridgehead atoms. The van der Waals surface area contributed by atoms with Crippen molar-refractivity contribution >= 4 is 71.5 Å². The summed E-state index contributed by atoms with van der Waals surface area (Å²) >= 11 is 0. The van der Waals surface area contributed by atoms with E-state index in [2.05, 4.69) is 198 Å². The quantitative estimate of drug-likeness (QED) is 0.161.